The molecule has 1 aromatic heterocycles. The summed E-state index contributed by atoms with van der Waals surface area (Å²) in [5.74, 6) is -0.0364. The lowest BCUT2D eigenvalue weighted by atomic mass is 10.3. The third-order valence-electron chi connectivity index (χ3n) is 1.72. The fraction of sp³-hybridized carbons (Fsp3) is 0. The fourth-order valence-electron chi connectivity index (χ4n) is 1.02. The van der Waals surface area contributed by atoms with Gasteiger partial charge in [0.25, 0.3) is 0 Å². The highest BCUT2D eigenvalue weighted by atomic mass is 35.5. The Bertz CT molecular complexity index is 505. The van der Waals surface area contributed by atoms with E-state index < -0.39 is 5.82 Å². The van der Waals surface area contributed by atoms with Crippen molar-refractivity contribution in [2.45, 2.75) is 0 Å². The van der Waals surface area contributed by atoms with Gasteiger partial charge < -0.3 is 4.74 Å². The van der Waals surface area contributed by atoms with Gasteiger partial charge in [0.2, 0.25) is 5.88 Å². The standard InChI is InChI=1S/C10H5Cl2FN2O/c11-7-2-1-6(5-8(7)13)16-10-4-3-9(12)14-15-10/h1-5H. The molecule has 0 aliphatic carbocycles. The Kier molecular flexibility index (Phi) is 3.22. The van der Waals surface area contributed by atoms with Gasteiger partial charge in [-0.2, -0.15) is 0 Å². The van der Waals surface area contributed by atoms with Crippen molar-refractivity contribution in [3.05, 3.63) is 46.3 Å². The SMILES string of the molecule is Fc1cc(Oc2ccc(Cl)nn2)ccc1Cl. The van der Waals surface area contributed by atoms with E-state index in [9.17, 15) is 4.39 Å². The van der Waals surface area contributed by atoms with E-state index in [4.69, 9.17) is 27.9 Å². The first-order valence-electron chi connectivity index (χ1n) is 4.27. The van der Waals surface area contributed by atoms with Crippen LogP contribution in [0.1, 0.15) is 0 Å². The highest BCUT2D eigenvalue weighted by Crippen LogP contribution is 2.24. The maximum Gasteiger partial charge on any atom is 0.238 e. The Labute approximate surface area is 101 Å². The number of ether oxygens (including phenoxy) is 1. The Morgan fingerprint density at radius 3 is 2.50 bits per heavy atom. The summed E-state index contributed by atoms with van der Waals surface area (Å²) in [5.41, 5.74) is 0. The summed E-state index contributed by atoms with van der Waals surface area (Å²) in [6.45, 7) is 0. The van der Waals surface area contributed by atoms with Crippen molar-refractivity contribution >= 4 is 23.2 Å². The minimum atomic E-state index is -0.555. The molecule has 16 heavy (non-hydrogen) atoms. The zero-order chi connectivity index (χ0) is 11.5. The molecule has 0 radical (unpaired) electrons. The minimum absolute atomic E-state index is 0.0366. The first-order valence-corrected chi connectivity index (χ1v) is 5.03. The summed E-state index contributed by atoms with van der Waals surface area (Å²) in [6, 6.07) is 7.15. The number of benzene rings is 1. The van der Waals surface area contributed by atoms with Crippen LogP contribution in [0.2, 0.25) is 10.2 Å². The molecule has 0 saturated carbocycles. The van der Waals surface area contributed by atoms with Crippen LogP contribution in [0, 0.1) is 5.82 Å². The molecule has 0 N–H and O–H groups in total. The van der Waals surface area contributed by atoms with Crippen LogP contribution in [0.3, 0.4) is 0 Å². The normalized spacial score (nSPS) is 10.2. The Morgan fingerprint density at radius 2 is 1.88 bits per heavy atom. The summed E-state index contributed by atoms with van der Waals surface area (Å²) in [7, 11) is 0. The van der Waals surface area contributed by atoms with Crippen LogP contribution in [0.15, 0.2) is 30.3 Å². The van der Waals surface area contributed by atoms with Crippen molar-refractivity contribution < 1.29 is 9.13 Å². The highest BCUT2D eigenvalue weighted by molar-refractivity contribution is 6.30. The van der Waals surface area contributed by atoms with E-state index in [1.807, 2.05) is 0 Å². The van der Waals surface area contributed by atoms with Crippen molar-refractivity contribution in [1.82, 2.24) is 10.2 Å². The maximum absolute atomic E-state index is 13.1. The second-order valence-corrected chi connectivity index (χ2v) is 3.67. The average Bonchev–Trinajstić information content (AvgIpc) is 2.27. The van der Waals surface area contributed by atoms with Gasteiger partial charge in [0, 0.05) is 12.1 Å². The number of nitrogens with zero attached hydrogens (tertiary/aromatic N) is 2. The van der Waals surface area contributed by atoms with E-state index in [0.717, 1.165) is 0 Å². The highest BCUT2D eigenvalue weighted by Gasteiger charge is 2.04. The number of rotatable bonds is 2. The zero-order valence-electron chi connectivity index (χ0n) is 7.82. The molecule has 2 aromatic rings. The van der Waals surface area contributed by atoms with Crippen molar-refractivity contribution in [2.24, 2.45) is 0 Å². The van der Waals surface area contributed by atoms with Crippen molar-refractivity contribution in [1.29, 1.82) is 0 Å². The molecule has 0 spiro atoms. The quantitative estimate of drug-likeness (QED) is 0.824. The molecule has 0 unspecified atom stereocenters. The van der Waals surface area contributed by atoms with E-state index in [1.54, 1.807) is 0 Å². The van der Waals surface area contributed by atoms with Gasteiger partial charge >= 0.3 is 0 Å². The Balaban J connectivity index is 2.20. The molecule has 0 saturated heterocycles. The van der Waals surface area contributed by atoms with Crippen LogP contribution in [0.5, 0.6) is 11.6 Å². The van der Waals surface area contributed by atoms with Gasteiger partial charge in [-0.3, -0.25) is 0 Å². The lowest BCUT2D eigenvalue weighted by Crippen LogP contribution is -1.90. The monoisotopic (exact) mass is 258 g/mol. The van der Waals surface area contributed by atoms with Gasteiger partial charge in [0.1, 0.15) is 11.6 Å². The second kappa shape index (κ2) is 4.63. The van der Waals surface area contributed by atoms with Gasteiger partial charge in [-0.25, -0.2) is 4.39 Å². The molecular weight excluding hydrogens is 254 g/mol. The van der Waals surface area contributed by atoms with E-state index >= 15 is 0 Å². The molecule has 6 heteroatoms. The number of aromatic nitrogens is 2. The molecule has 1 aromatic carbocycles. The fourth-order valence-corrected chi connectivity index (χ4v) is 1.24. The lowest BCUT2D eigenvalue weighted by Gasteiger charge is -2.04. The van der Waals surface area contributed by atoms with Crippen molar-refractivity contribution in [3.63, 3.8) is 0 Å². The largest absolute Gasteiger partial charge is 0.437 e. The first kappa shape index (κ1) is 11.1. The minimum Gasteiger partial charge on any atom is -0.437 e. The Morgan fingerprint density at radius 1 is 1.06 bits per heavy atom. The molecule has 0 bridgehead atoms. The third-order valence-corrected chi connectivity index (χ3v) is 2.23. The average molecular weight is 259 g/mol. The van der Waals surface area contributed by atoms with E-state index in [-0.39, 0.29) is 16.1 Å². The van der Waals surface area contributed by atoms with E-state index in [2.05, 4.69) is 10.2 Å². The van der Waals surface area contributed by atoms with Gasteiger partial charge in [-0.05, 0) is 18.2 Å². The third kappa shape index (κ3) is 2.59. The second-order valence-electron chi connectivity index (χ2n) is 2.87. The predicted octanol–water partition coefficient (Wildman–Crippen LogP) is 3.71. The molecule has 0 amide bonds. The summed E-state index contributed by atoms with van der Waals surface area (Å²) < 4.78 is 18.3. The van der Waals surface area contributed by atoms with Crippen LogP contribution in [-0.4, -0.2) is 10.2 Å². The van der Waals surface area contributed by atoms with E-state index in [0.29, 0.717) is 5.75 Å². The molecule has 0 atom stereocenters. The molecule has 2 rings (SSSR count). The lowest BCUT2D eigenvalue weighted by molar-refractivity contribution is 0.451. The number of hydrogen-bond donors (Lipinski definition) is 0. The topological polar surface area (TPSA) is 35.0 Å². The smallest absolute Gasteiger partial charge is 0.238 e. The van der Waals surface area contributed by atoms with Crippen LogP contribution >= 0.6 is 23.2 Å². The summed E-state index contributed by atoms with van der Waals surface area (Å²) in [4.78, 5) is 0. The molecule has 0 fully saturated rings. The molecule has 1 heterocycles. The van der Waals surface area contributed by atoms with Crippen molar-refractivity contribution in [2.75, 3.05) is 0 Å². The molecule has 0 aliphatic rings. The van der Waals surface area contributed by atoms with Crippen LogP contribution in [-0.2, 0) is 0 Å². The van der Waals surface area contributed by atoms with Crippen LogP contribution in [0.25, 0.3) is 0 Å². The van der Waals surface area contributed by atoms with Gasteiger partial charge in [-0.15, -0.1) is 10.2 Å². The van der Waals surface area contributed by atoms with E-state index in [1.165, 1.54) is 30.3 Å². The molecule has 0 aliphatic heterocycles. The van der Waals surface area contributed by atoms with Gasteiger partial charge in [-0.1, -0.05) is 23.2 Å². The summed E-state index contributed by atoms with van der Waals surface area (Å²) in [6.07, 6.45) is 0. The van der Waals surface area contributed by atoms with Crippen LogP contribution in [0.4, 0.5) is 4.39 Å². The van der Waals surface area contributed by atoms with Crippen molar-refractivity contribution in [3.8, 4) is 11.6 Å². The predicted molar refractivity (Wildman–Crippen MR) is 58.5 cm³/mol. The Hall–Kier alpha value is -1.39. The molecular formula is C10H5Cl2FN2O. The van der Waals surface area contributed by atoms with Gasteiger partial charge in [0.15, 0.2) is 5.15 Å². The summed E-state index contributed by atoms with van der Waals surface area (Å²) >= 11 is 11.1. The van der Waals surface area contributed by atoms with Crippen LogP contribution < -0.4 is 4.74 Å². The molecule has 82 valence electrons. The number of hydrogen-bond acceptors (Lipinski definition) is 3. The first-order chi connectivity index (χ1) is 7.65. The molecule has 3 nitrogen and oxygen atoms in total. The van der Waals surface area contributed by atoms with Gasteiger partial charge in [0.05, 0.1) is 5.02 Å². The zero-order valence-corrected chi connectivity index (χ0v) is 9.34. The number of halogens is 3. The summed E-state index contributed by atoms with van der Waals surface area (Å²) in [5, 5.41) is 7.55. The maximum atomic E-state index is 13.1.